The molecule has 0 aromatic heterocycles. The third-order valence-electron chi connectivity index (χ3n) is 1.73. The molecule has 0 saturated carbocycles. The van der Waals surface area contributed by atoms with Crippen molar-refractivity contribution in [3.8, 4) is 0 Å². The second-order valence-corrected chi connectivity index (χ2v) is 2.65. The molecular formula is C9H8F3O2. The maximum atomic E-state index is 12.4. The number of hydrogen-bond acceptors (Lipinski definition) is 1. The van der Waals surface area contributed by atoms with Crippen LogP contribution in [-0.4, -0.2) is 7.11 Å². The Morgan fingerprint density at radius 2 is 1.86 bits per heavy atom. The van der Waals surface area contributed by atoms with E-state index in [0.717, 1.165) is 19.2 Å². The Balaban J connectivity index is 3.16. The SMILES string of the molecule is COC([O])c1ccccc1C(F)(F)F. The Labute approximate surface area is 78.9 Å². The molecule has 0 fully saturated rings. The summed E-state index contributed by atoms with van der Waals surface area (Å²) in [6.07, 6.45) is -6.31. The normalized spacial score (nSPS) is 14.1. The maximum absolute atomic E-state index is 12.4. The zero-order valence-electron chi connectivity index (χ0n) is 7.34. The van der Waals surface area contributed by atoms with E-state index in [4.69, 9.17) is 0 Å². The van der Waals surface area contributed by atoms with Crippen molar-refractivity contribution in [2.45, 2.75) is 12.5 Å². The lowest BCUT2D eigenvalue weighted by Gasteiger charge is -2.14. The van der Waals surface area contributed by atoms with Gasteiger partial charge in [0.2, 0.25) is 6.29 Å². The lowest BCUT2D eigenvalue weighted by atomic mass is 10.1. The number of methoxy groups -OCH3 is 1. The van der Waals surface area contributed by atoms with Gasteiger partial charge in [0, 0.05) is 12.7 Å². The van der Waals surface area contributed by atoms with E-state index < -0.39 is 18.0 Å². The van der Waals surface area contributed by atoms with Crippen molar-refractivity contribution in [2.75, 3.05) is 7.11 Å². The molecule has 1 unspecified atom stereocenters. The van der Waals surface area contributed by atoms with E-state index in [1.165, 1.54) is 12.1 Å². The Kier molecular flexibility index (Phi) is 3.13. The predicted molar refractivity (Wildman–Crippen MR) is 41.9 cm³/mol. The minimum Gasteiger partial charge on any atom is -0.349 e. The largest absolute Gasteiger partial charge is 0.416 e. The zero-order chi connectivity index (χ0) is 10.8. The highest BCUT2D eigenvalue weighted by molar-refractivity contribution is 5.30. The maximum Gasteiger partial charge on any atom is 0.416 e. The molecular weight excluding hydrogens is 197 g/mol. The van der Waals surface area contributed by atoms with Crippen LogP contribution in [-0.2, 0) is 16.0 Å². The summed E-state index contributed by atoms with van der Waals surface area (Å²) in [5.74, 6) is 0. The van der Waals surface area contributed by atoms with Crippen LogP contribution in [0.1, 0.15) is 17.4 Å². The van der Waals surface area contributed by atoms with Gasteiger partial charge < -0.3 is 4.74 Å². The zero-order valence-corrected chi connectivity index (χ0v) is 7.34. The number of rotatable bonds is 2. The number of alkyl halides is 3. The molecule has 1 aromatic rings. The topological polar surface area (TPSA) is 29.1 Å². The Bertz CT molecular complexity index is 309. The van der Waals surface area contributed by atoms with Crippen molar-refractivity contribution in [1.82, 2.24) is 0 Å². The fraction of sp³-hybridized carbons (Fsp3) is 0.333. The molecule has 0 spiro atoms. The first-order valence-corrected chi connectivity index (χ1v) is 3.81. The molecule has 0 aliphatic rings. The average molecular weight is 205 g/mol. The highest BCUT2D eigenvalue weighted by atomic mass is 19.4. The lowest BCUT2D eigenvalue weighted by molar-refractivity contribution is -0.152. The number of hydrogen-bond donors (Lipinski definition) is 0. The van der Waals surface area contributed by atoms with E-state index in [1.54, 1.807) is 0 Å². The molecule has 1 aromatic carbocycles. The van der Waals surface area contributed by atoms with Crippen molar-refractivity contribution in [3.63, 3.8) is 0 Å². The van der Waals surface area contributed by atoms with Gasteiger partial charge in [-0.15, -0.1) is 0 Å². The highest BCUT2D eigenvalue weighted by Gasteiger charge is 2.34. The van der Waals surface area contributed by atoms with Crippen LogP contribution < -0.4 is 0 Å². The highest BCUT2D eigenvalue weighted by Crippen LogP contribution is 2.34. The molecule has 0 N–H and O–H groups in total. The first kappa shape index (κ1) is 11.0. The van der Waals surface area contributed by atoms with Crippen LogP contribution in [0.5, 0.6) is 0 Å². The molecule has 0 saturated heterocycles. The number of halogens is 3. The summed E-state index contributed by atoms with van der Waals surface area (Å²) in [5, 5.41) is 11.0. The van der Waals surface area contributed by atoms with Crippen molar-refractivity contribution < 1.29 is 23.0 Å². The first-order chi connectivity index (χ1) is 6.46. The summed E-state index contributed by atoms with van der Waals surface area (Å²) >= 11 is 0. The third kappa shape index (κ3) is 2.24. The van der Waals surface area contributed by atoms with Crippen LogP contribution in [0.25, 0.3) is 0 Å². The summed E-state index contributed by atoms with van der Waals surface area (Å²) in [7, 11) is 1.07. The first-order valence-electron chi connectivity index (χ1n) is 3.81. The molecule has 0 heterocycles. The van der Waals surface area contributed by atoms with Gasteiger partial charge in [0.25, 0.3) is 0 Å². The molecule has 1 atom stereocenters. The molecule has 14 heavy (non-hydrogen) atoms. The molecule has 5 heteroatoms. The molecule has 1 rings (SSSR count). The predicted octanol–water partition coefficient (Wildman–Crippen LogP) is 2.78. The minimum absolute atomic E-state index is 0.387. The van der Waals surface area contributed by atoms with Gasteiger partial charge in [-0.2, -0.15) is 18.3 Å². The summed E-state index contributed by atoms with van der Waals surface area (Å²) in [6, 6.07) is 4.58. The Morgan fingerprint density at radius 3 is 2.36 bits per heavy atom. The van der Waals surface area contributed by atoms with Gasteiger partial charge in [-0.25, -0.2) is 0 Å². The lowest BCUT2D eigenvalue weighted by Crippen LogP contribution is -2.12. The van der Waals surface area contributed by atoms with Crippen LogP contribution >= 0.6 is 0 Å². The Hall–Kier alpha value is -1.07. The van der Waals surface area contributed by atoms with Gasteiger partial charge in [0.15, 0.2) is 0 Å². The molecule has 0 bridgehead atoms. The van der Waals surface area contributed by atoms with Crippen LogP contribution in [0.3, 0.4) is 0 Å². The number of ether oxygens (including phenoxy) is 1. The molecule has 2 nitrogen and oxygen atoms in total. The van der Waals surface area contributed by atoms with Crippen molar-refractivity contribution in [2.24, 2.45) is 0 Å². The number of benzene rings is 1. The van der Waals surface area contributed by atoms with Crippen molar-refractivity contribution in [1.29, 1.82) is 0 Å². The van der Waals surface area contributed by atoms with Gasteiger partial charge >= 0.3 is 6.18 Å². The molecule has 0 amide bonds. The van der Waals surface area contributed by atoms with Crippen molar-refractivity contribution >= 4 is 0 Å². The van der Waals surface area contributed by atoms with E-state index in [9.17, 15) is 18.3 Å². The standard InChI is InChI=1S/C9H8F3O2/c1-14-8(13)6-4-2-3-5-7(6)9(10,11)12/h2-5,8H,1H3. The minimum atomic E-state index is -4.52. The average Bonchev–Trinajstić information content (AvgIpc) is 2.15. The van der Waals surface area contributed by atoms with Gasteiger partial charge in [0.1, 0.15) is 0 Å². The van der Waals surface area contributed by atoms with Crippen LogP contribution in [0, 0.1) is 0 Å². The summed E-state index contributed by atoms with van der Waals surface area (Å²) < 4.78 is 41.4. The summed E-state index contributed by atoms with van der Waals surface area (Å²) in [5.41, 5.74) is -1.33. The van der Waals surface area contributed by atoms with Gasteiger partial charge in [-0.1, -0.05) is 18.2 Å². The molecule has 0 aliphatic heterocycles. The molecule has 77 valence electrons. The fourth-order valence-corrected chi connectivity index (χ4v) is 1.09. The third-order valence-corrected chi connectivity index (χ3v) is 1.73. The second kappa shape index (κ2) is 3.98. The van der Waals surface area contributed by atoms with E-state index in [1.807, 2.05) is 0 Å². The van der Waals surface area contributed by atoms with Gasteiger partial charge in [0.05, 0.1) is 5.56 Å². The molecule has 0 aliphatic carbocycles. The smallest absolute Gasteiger partial charge is 0.349 e. The quantitative estimate of drug-likeness (QED) is 0.682. The van der Waals surface area contributed by atoms with Gasteiger partial charge in [-0.3, -0.25) is 0 Å². The van der Waals surface area contributed by atoms with E-state index in [2.05, 4.69) is 4.74 Å². The van der Waals surface area contributed by atoms with E-state index in [0.29, 0.717) is 0 Å². The molecule has 1 radical (unpaired) electrons. The second-order valence-electron chi connectivity index (χ2n) is 2.65. The summed E-state index contributed by atoms with van der Waals surface area (Å²) in [6.45, 7) is 0. The van der Waals surface area contributed by atoms with E-state index in [-0.39, 0.29) is 5.56 Å². The monoisotopic (exact) mass is 205 g/mol. The van der Waals surface area contributed by atoms with Crippen molar-refractivity contribution in [3.05, 3.63) is 35.4 Å². The van der Waals surface area contributed by atoms with E-state index >= 15 is 0 Å². The van der Waals surface area contributed by atoms with Crippen LogP contribution in [0.15, 0.2) is 24.3 Å². The van der Waals surface area contributed by atoms with Crippen LogP contribution in [0.2, 0.25) is 0 Å². The van der Waals surface area contributed by atoms with Gasteiger partial charge in [-0.05, 0) is 6.07 Å². The summed E-state index contributed by atoms with van der Waals surface area (Å²) in [4.78, 5) is 0. The fourth-order valence-electron chi connectivity index (χ4n) is 1.09. The van der Waals surface area contributed by atoms with Crippen LogP contribution in [0.4, 0.5) is 13.2 Å². The Morgan fingerprint density at radius 1 is 1.29 bits per heavy atom.